The number of aliphatic imine (C=N–C) groups is 1. The summed E-state index contributed by atoms with van der Waals surface area (Å²) in [6, 6.07) is 5.65. The fourth-order valence-electron chi connectivity index (χ4n) is 1.42. The second-order valence-corrected chi connectivity index (χ2v) is 3.24. The summed E-state index contributed by atoms with van der Waals surface area (Å²) in [5.74, 6) is -0.603. The number of carbonyl (C=O) groups excluding carboxylic acids is 1. The number of nitrogens with two attached hydrogens (primary N) is 1. The number of nitrogens with zero attached hydrogens (tertiary/aromatic N) is 1. The van der Waals surface area contributed by atoms with Gasteiger partial charge >= 0.3 is 11.7 Å². The smallest absolute Gasteiger partial charge is 0.379 e. The second kappa shape index (κ2) is 4.09. The summed E-state index contributed by atoms with van der Waals surface area (Å²) in [5, 5.41) is 10.0. The standard InChI is InChI=1S/C11H8N2O4/c12-11(16)13-5-7-6-3-1-2-4-8(6)17-10(15)9(7)14/h1-5,14H,(H2,12,16)/b13-5+. The first-order valence-electron chi connectivity index (χ1n) is 4.68. The van der Waals surface area contributed by atoms with E-state index in [0.717, 1.165) is 6.21 Å². The molecule has 2 aromatic rings. The van der Waals surface area contributed by atoms with Crippen molar-refractivity contribution in [3.63, 3.8) is 0 Å². The van der Waals surface area contributed by atoms with Gasteiger partial charge in [-0.3, -0.25) is 0 Å². The second-order valence-electron chi connectivity index (χ2n) is 3.24. The molecule has 6 heteroatoms. The van der Waals surface area contributed by atoms with Crippen LogP contribution in [0.25, 0.3) is 11.0 Å². The molecule has 0 radical (unpaired) electrons. The van der Waals surface area contributed by atoms with Gasteiger partial charge < -0.3 is 15.3 Å². The Kier molecular flexibility index (Phi) is 2.61. The van der Waals surface area contributed by atoms with Crippen LogP contribution in [0.3, 0.4) is 0 Å². The van der Waals surface area contributed by atoms with Gasteiger partial charge in [-0.25, -0.2) is 14.6 Å². The number of fused-ring (bicyclic) bond motifs is 1. The molecule has 2 rings (SSSR count). The summed E-state index contributed by atoms with van der Waals surface area (Å²) in [7, 11) is 0. The van der Waals surface area contributed by atoms with Crippen molar-refractivity contribution < 1.29 is 14.3 Å². The summed E-state index contributed by atoms with van der Waals surface area (Å²) in [4.78, 5) is 25.2. The number of hydrogen-bond donors (Lipinski definition) is 2. The molecule has 86 valence electrons. The van der Waals surface area contributed by atoms with E-state index in [1.54, 1.807) is 24.3 Å². The third-order valence-corrected chi connectivity index (χ3v) is 2.15. The van der Waals surface area contributed by atoms with Crippen molar-refractivity contribution in [3.05, 3.63) is 40.2 Å². The number of carbonyl (C=O) groups is 1. The van der Waals surface area contributed by atoms with Gasteiger partial charge in [-0.1, -0.05) is 18.2 Å². The molecule has 0 saturated carbocycles. The van der Waals surface area contributed by atoms with Crippen LogP contribution < -0.4 is 11.4 Å². The number of benzene rings is 1. The van der Waals surface area contributed by atoms with Crippen LogP contribution in [-0.2, 0) is 0 Å². The Morgan fingerprint density at radius 3 is 2.82 bits per heavy atom. The van der Waals surface area contributed by atoms with Crippen LogP contribution >= 0.6 is 0 Å². The lowest BCUT2D eigenvalue weighted by Gasteiger charge is -2.01. The summed E-state index contributed by atoms with van der Waals surface area (Å²) in [6.07, 6.45) is 1.04. The first-order valence-corrected chi connectivity index (χ1v) is 4.68. The van der Waals surface area contributed by atoms with Crippen molar-refractivity contribution in [1.82, 2.24) is 0 Å². The maximum Gasteiger partial charge on any atom is 0.379 e. The van der Waals surface area contributed by atoms with Gasteiger partial charge in [0.2, 0.25) is 5.75 Å². The number of amides is 2. The van der Waals surface area contributed by atoms with Gasteiger partial charge in [0, 0.05) is 11.6 Å². The van der Waals surface area contributed by atoms with Crippen LogP contribution in [0.15, 0.2) is 38.5 Å². The lowest BCUT2D eigenvalue weighted by Crippen LogP contribution is -2.06. The van der Waals surface area contributed by atoms with E-state index in [1.165, 1.54) is 0 Å². The SMILES string of the molecule is NC(=O)/N=C/c1c(O)c(=O)oc2ccccc12. The molecule has 0 aliphatic heterocycles. The van der Waals surface area contributed by atoms with Crippen LogP contribution in [0.4, 0.5) is 4.79 Å². The number of primary amides is 1. The molecule has 17 heavy (non-hydrogen) atoms. The van der Waals surface area contributed by atoms with E-state index in [1.807, 2.05) is 0 Å². The lowest BCUT2D eigenvalue weighted by atomic mass is 10.1. The summed E-state index contributed by atoms with van der Waals surface area (Å²) >= 11 is 0. The quantitative estimate of drug-likeness (QED) is 0.564. The molecule has 1 aromatic carbocycles. The number of urea groups is 1. The molecular formula is C11H8N2O4. The Bertz CT molecular complexity index is 673. The zero-order chi connectivity index (χ0) is 12.4. The molecule has 3 N–H and O–H groups in total. The van der Waals surface area contributed by atoms with Gasteiger partial charge in [0.15, 0.2) is 0 Å². The fourth-order valence-corrected chi connectivity index (χ4v) is 1.42. The van der Waals surface area contributed by atoms with E-state index >= 15 is 0 Å². The van der Waals surface area contributed by atoms with Crippen LogP contribution in [-0.4, -0.2) is 17.4 Å². The van der Waals surface area contributed by atoms with Crippen molar-refractivity contribution in [2.24, 2.45) is 10.7 Å². The fraction of sp³-hybridized carbons (Fsp3) is 0. The highest BCUT2D eigenvalue weighted by molar-refractivity contribution is 6.02. The van der Waals surface area contributed by atoms with Crippen molar-refractivity contribution in [2.75, 3.05) is 0 Å². The first kappa shape index (κ1) is 10.9. The molecule has 2 amide bonds. The number of aromatic hydroxyl groups is 1. The van der Waals surface area contributed by atoms with Gasteiger partial charge in [0.1, 0.15) is 5.58 Å². The Labute approximate surface area is 95.0 Å². The van der Waals surface area contributed by atoms with E-state index < -0.39 is 17.4 Å². The molecule has 1 aromatic heterocycles. The van der Waals surface area contributed by atoms with Gasteiger partial charge in [-0.15, -0.1) is 0 Å². The molecule has 0 aliphatic carbocycles. The highest BCUT2D eigenvalue weighted by atomic mass is 16.4. The topological polar surface area (TPSA) is 106 Å². The highest BCUT2D eigenvalue weighted by Gasteiger charge is 2.11. The average molecular weight is 232 g/mol. The summed E-state index contributed by atoms with van der Waals surface area (Å²) < 4.78 is 4.86. The van der Waals surface area contributed by atoms with Crippen LogP contribution in [0, 0.1) is 0 Å². The van der Waals surface area contributed by atoms with E-state index in [0.29, 0.717) is 11.0 Å². The third kappa shape index (κ3) is 2.00. The summed E-state index contributed by atoms with van der Waals surface area (Å²) in [5.41, 5.74) is 4.36. The van der Waals surface area contributed by atoms with Gasteiger partial charge in [0.25, 0.3) is 0 Å². The van der Waals surface area contributed by atoms with Crippen molar-refractivity contribution in [1.29, 1.82) is 0 Å². The lowest BCUT2D eigenvalue weighted by molar-refractivity contribution is 0.257. The Morgan fingerprint density at radius 2 is 2.12 bits per heavy atom. The normalized spacial score (nSPS) is 11.1. The zero-order valence-electron chi connectivity index (χ0n) is 8.58. The maximum absolute atomic E-state index is 11.3. The van der Waals surface area contributed by atoms with Crippen molar-refractivity contribution in [3.8, 4) is 5.75 Å². The largest absolute Gasteiger partial charge is 0.501 e. The maximum atomic E-state index is 11.3. The third-order valence-electron chi connectivity index (χ3n) is 2.15. The van der Waals surface area contributed by atoms with Gasteiger partial charge in [0.05, 0.1) is 5.56 Å². The number of rotatable bonds is 1. The highest BCUT2D eigenvalue weighted by Crippen LogP contribution is 2.21. The monoisotopic (exact) mass is 232 g/mol. The van der Waals surface area contributed by atoms with Crippen LogP contribution in [0.1, 0.15) is 5.56 Å². The minimum Gasteiger partial charge on any atom is -0.501 e. The molecule has 0 atom stereocenters. The Balaban J connectivity index is 2.79. The van der Waals surface area contributed by atoms with E-state index in [2.05, 4.69) is 4.99 Å². The molecule has 0 unspecified atom stereocenters. The molecular weight excluding hydrogens is 224 g/mol. The molecule has 1 heterocycles. The predicted octanol–water partition coefficient (Wildman–Crippen LogP) is 0.996. The Hall–Kier alpha value is -2.63. The molecule has 6 nitrogen and oxygen atoms in total. The van der Waals surface area contributed by atoms with Crippen LogP contribution in [0.5, 0.6) is 5.75 Å². The van der Waals surface area contributed by atoms with Gasteiger partial charge in [-0.2, -0.15) is 0 Å². The Morgan fingerprint density at radius 1 is 1.41 bits per heavy atom. The number of hydrogen-bond acceptors (Lipinski definition) is 4. The summed E-state index contributed by atoms with van der Waals surface area (Å²) in [6.45, 7) is 0. The van der Waals surface area contributed by atoms with E-state index in [-0.39, 0.29) is 5.56 Å². The van der Waals surface area contributed by atoms with E-state index in [4.69, 9.17) is 10.2 Å². The molecule has 0 spiro atoms. The van der Waals surface area contributed by atoms with Gasteiger partial charge in [-0.05, 0) is 6.07 Å². The zero-order valence-corrected chi connectivity index (χ0v) is 8.58. The molecule has 0 saturated heterocycles. The minimum atomic E-state index is -0.915. The molecule has 0 bridgehead atoms. The molecule has 0 fully saturated rings. The van der Waals surface area contributed by atoms with Crippen LogP contribution in [0.2, 0.25) is 0 Å². The van der Waals surface area contributed by atoms with Crippen molar-refractivity contribution in [2.45, 2.75) is 0 Å². The van der Waals surface area contributed by atoms with E-state index in [9.17, 15) is 14.7 Å². The first-order chi connectivity index (χ1) is 8.09. The minimum absolute atomic E-state index is 0.107. The number of para-hydroxylation sites is 1. The predicted molar refractivity (Wildman–Crippen MR) is 61.3 cm³/mol. The average Bonchev–Trinajstić information content (AvgIpc) is 2.29. The van der Waals surface area contributed by atoms with Crippen molar-refractivity contribution >= 4 is 23.2 Å². The molecule has 0 aliphatic rings.